The maximum Gasteiger partial charge on any atom is 0.434 e. The van der Waals surface area contributed by atoms with Crippen LogP contribution in [0.2, 0.25) is 0 Å². The summed E-state index contributed by atoms with van der Waals surface area (Å²) in [6.45, 7) is 11.7. The number of nitrogens with zero attached hydrogens (tertiary/aromatic N) is 5. The lowest BCUT2D eigenvalue weighted by molar-refractivity contribution is -0.0934. The molecule has 0 aromatic rings. The van der Waals surface area contributed by atoms with Crippen molar-refractivity contribution in [2.75, 3.05) is 13.1 Å². The molecule has 1 unspecified atom stereocenters. The number of alkyl halides is 5. The van der Waals surface area contributed by atoms with Gasteiger partial charge in [-0.25, -0.2) is 13.8 Å². The van der Waals surface area contributed by atoms with Gasteiger partial charge in [-0.05, 0) is 39.2 Å². The normalized spacial score (nSPS) is 18.2. The first-order valence-electron chi connectivity index (χ1n) is 10.8. The summed E-state index contributed by atoms with van der Waals surface area (Å²) in [6, 6.07) is 1.78. The van der Waals surface area contributed by atoms with E-state index >= 15 is 0 Å². The first-order valence-corrected chi connectivity index (χ1v) is 10.8. The molecule has 0 N–H and O–H groups in total. The first-order chi connectivity index (χ1) is 15.2. The molecule has 0 amide bonds. The second-order valence-corrected chi connectivity index (χ2v) is 8.29. The topological polar surface area (TPSA) is 45.9 Å². The highest BCUT2D eigenvalue weighted by molar-refractivity contribution is 5.91. The molecule has 0 spiro atoms. The van der Waals surface area contributed by atoms with Crippen LogP contribution in [-0.2, 0) is 0 Å². The van der Waals surface area contributed by atoms with Crippen LogP contribution in [0.4, 0.5) is 22.0 Å². The van der Waals surface area contributed by atoms with Crippen molar-refractivity contribution in [3.63, 3.8) is 0 Å². The predicted molar refractivity (Wildman–Crippen MR) is 118 cm³/mol. The predicted octanol–water partition coefficient (Wildman–Crippen LogP) is 6.13. The Labute approximate surface area is 191 Å². The third kappa shape index (κ3) is 5.95. The fourth-order valence-electron chi connectivity index (χ4n) is 3.64. The van der Waals surface area contributed by atoms with Crippen LogP contribution >= 0.6 is 0 Å². The van der Waals surface area contributed by atoms with E-state index in [4.69, 9.17) is 5.26 Å². The number of halogens is 5. The van der Waals surface area contributed by atoms with E-state index in [0.29, 0.717) is 17.7 Å². The Kier molecular flexibility index (Phi) is 7.99. The summed E-state index contributed by atoms with van der Waals surface area (Å²) in [4.78, 5) is 8.39. The Bertz CT molecular complexity index is 930. The van der Waals surface area contributed by atoms with Gasteiger partial charge < -0.3 is 9.80 Å². The maximum absolute atomic E-state index is 14.1. The molecular formula is C23H30F5N5. The highest BCUT2D eigenvalue weighted by Crippen LogP contribution is 2.42. The Balaban J connectivity index is 2.64. The lowest BCUT2D eigenvalue weighted by Gasteiger charge is -2.34. The quantitative estimate of drug-likeness (QED) is 0.300. The molecule has 0 radical (unpaired) electrons. The number of hydrogen-bond acceptors (Lipinski definition) is 5. The van der Waals surface area contributed by atoms with Crippen LogP contribution in [0, 0.1) is 11.3 Å². The molecule has 2 rings (SSSR count). The van der Waals surface area contributed by atoms with Crippen molar-refractivity contribution >= 4 is 5.96 Å². The van der Waals surface area contributed by atoms with Crippen LogP contribution in [0.15, 0.2) is 52.2 Å². The van der Waals surface area contributed by atoms with E-state index in [9.17, 15) is 22.0 Å². The monoisotopic (exact) mass is 471 g/mol. The van der Waals surface area contributed by atoms with E-state index in [1.54, 1.807) is 24.9 Å². The van der Waals surface area contributed by atoms with Crippen molar-refractivity contribution < 1.29 is 22.0 Å². The van der Waals surface area contributed by atoms with Crippen molar-refractivity contribution in [1.82, 2.24) is 14.7 Å². The van der Waals surface area contributed by atoms with Gasteiger partial charge in [0.1, 0.15) is 6.54 Å². The summed E-state index contributed by atoms with van der Waals surface area (Å²) in [5, 5.41) is 9.07. The highest BCUT2D eigenvalue weighted by atomic mass is 19.4. The molecule has 33 heavy (non-hydrogen) atoms. The molecule has 0 saturated heterocycles. The number of hydrogen-bond donors (Lipinski definition) is 0. The van der Waals surface area contributed by atoms with Gasteiger partial charge in [0.15, 0.2) is 5.70 Å². The van der Waals surface area contributed by atoms with Gasteiger partial charge in [-0.1, -0.05) is 20.4 Å². The van der Waals surface area contributed by atoms with Crippen LogP contribution in [0.25, 0.3) is 0 Å². The number of fused-ring (bicyclic) bond motifs is 1. The van der Waals surface area contributed by atoms with Crippen molar-refractivity contribution in [3.05, 3.63) is 47.2 Å². The summed E-state index contributed by atoms with van der Waals surface area (Å²) in [5.74, 6) is -2.92. The van der Waals surface area contributed by atoms with Gasteiger partial charge in [0.2, 0.25) is 11.9 Å². The van der Waals surface area contributed by atoms with E-state index in [-0.39, 0.29) is 42.8 Å². The molecule has 0 saturated carbocycles. The first kappa shape index (κ1) is 26.4. The summed E-state index contributed by atoms with van der Waals surface area (Å²) in [5.41, 5.74) is -0.339. The minimum Gasteiger partial charge on any atom is -0.374 e. The Morgan fingerprint density at radius 3 is 2.42 bits per heavy atom. The van der Waals surface area contributed by atoms with Gasteiger partial charge in [0.25, 0.3) is 0 Å². The highest BCUT2D eigenvalue weighted by Gasteiger charge is 2.44. The Morgan fingerprint density at radius 1 is 1.30 bits per heavy atom. The van der Waals surface area contributed by atoms with Crippen LogP contribution in [0.3, 0.4) is 0 Å². The van der Waals surface area contributed by atoms with E-state index in [0.717, 1.165) is 6.92 Å². The average Bonchev–Trinajstić information content (AvgIpc) is 3.03. The standard InChI is InChI=1S/C23H30F5N5/c1-7-15(3)31(11-9-22(6,24)25)14-18(8-2)19-17(5)33-13-16(4)32(12-10-29)21(33)30-20(19)23(26,27)28/h13-15H,5,7-9,11-12H2,1-4,6H3/b18-14+. The molecular weight excluding hydrogens is 441 g/mol. The molecule has 2 aliphatic rings. The van der Waals surface area contributed by atoms with Crippen LogP contribution in [0.1, 0.15) is 53.9 Å². The van der Waals surface area contributed by atoms with Gasteiger partial charge in [-0.2, -0.15) is 18.4 Å². The summed E-state index contributed by atoms with van der Waals surface area (Å²) in [6.07, 6.45) is -1.23. The van der Waals surface area contributed by atoms with Gasteiger partial charge in [-0.3, -0.25) is 4.90 Å². The van der Waals surface area contributed by atoms with E-state index in [2.05, 4.69) is 11.6 Å². The van der Waals surface area contributed by atoms with E-state index in [1.165, 1.54) is 16.0 Å². The van der Waals surface area contributed by atoms with Crippen LogP contribution in [0.5, 0.6) is 0 Å². The van der Waals surface area contributed by atoms with Crippen LogP contribution < -0.4 is 0 Å². The van der Waals surface area contributed by atoms with Gasteiger partial charge >= 0.3 is 6.18 Å². The average molecular weight is 472 g/mol. The number of aliphatic imine (C=N–C) groups is 1. The SMILES string of the molecule is C=C1C(/C(=C/N(CCC(C)(F)F)C(C)CC)CC)=C(C(F)(F)F)N=C2N1C=C(C)N2CC#N. The smallest absolute Gasteiger partial charge is 0.374 e. The van der Waals surface area contributed by atoms with Crippen molar-refractivity contribution in [3.8, 4) is 6.07 Å². The third-order valence-electron chi connectivity index (χ3n) is 5.71. The zero-order chi connectivity index (χ0) is 25.1. The fourth-order valence-corrected chi connectivity index (χ4v) is 3.64. The Hall–Kier alpha value is -2.83. The van der Waals surface area contributed by atoms with Crippen molar-refractivity contribution in [1.29, 1.82) is 5.26 Å². The van der Waals surface area contributed by atoms with Crippen molar-refractivity contribution in [2.24, 2.45) is 4.99 Å². The molecule has 2 heterocycles. The third-order valence-corrected chi connectivity index (χ3v) is 5.71. The number of rotatable bonds is 9. The largest absolute Gasteiger partial charge is 0.434 e. The summed E-state index contributed by atoms with van der Waals surface area (Å²) in [7, 11) is 0. The molecule has 0 bridgehead atoms. The molecule has 10 heteroatoms. The minimum absolute atomic E-state index is 0.00367. The molecule has 0 aromatic carbocycles. The minimum atomic E-state index is -4.78. The van der Waals surface area contributed by atoms with Gasteiger partial charge in [0, 0.05) is 42.7 Å². The molecule has 2 aliphatic heterocycles. The van der Waals surface area contributed by atoms with E-state index < -0.39 is 24.2 Å². The number of guanidine groups is 1. The second-order valence-electron chi connectivity index (χ2n) is 8.29. The molecule has 0 aliphatic carbocycles. The van der Waals surface area contributed by atoms with E-state index in [1.807, 2.05) is 19.9 Å². The summed E-state index contributed by atoms with van der Waals surface area (Å²) < 4.78 is 69.4. The lowest BCUT2D eigenvalue weighted by Crippen LogP contribution is -2.39. The molecule has 5 nitrogen and oxygen atoms in total. The molecule has 1 atom stereocenters. The van der Waals surface area contributed by atoms with Gasteiger partial charge in [0.05, 0.1) is 11.8 Å². The maximum atomic E-state index is 14.1. The zero-order valence-electron chi connectivity index (χ0n) is 19.6. The number of allylic oxidation sites excluding steroid dienone is 3. The number of nitriles is 1. The summed E-state index contributed by atoms with van der Waals surface area (Å²) >= 11 is 0. The van der Waals surface area contributed by atoms with Crippen molar-refractivity contribution in [2.45, 2.75) is 72.0 Å². The fraction of sp³-hybridized carbons (Fsp3) is 0.565. The second kappa shape index (κ2) is 9.98. The van der Waals surface area contributed by atoms with Gasteiger partial charge in [-0.15, -0.1) is 0 Å². The molecule has 0 fully saturated rings. The molecule has 0 aromatic heterocycles. The molecule has 182 valence electrons. The lowest BCUT2D eigenvalue weighted by atomic mass is 9.96. The van der Waals surface area contributed by atoms with Crippen LogP contribution in [-0.4, -0.2) is 51.9 Å². The zero-order valence-corrected chi connectivity index (χ0v) is 19.6. The Morgan fingerprint density at radius 2 is 1.94 bits per heavy atom.